The highest BCUT2D eigenvalue weighted by molar-refractivity contribution is 5.85. The molecule has 0 spiro atoms. The van der Waals surface area contributed by atoms with Gasteiger partial charge in [0, 0.05) is 12.5 Å². The van der Waals surface area contributed by atoms with Crippen LogP contribution in [0.3, 0.4) is 0 Å². The summed E-state index contributed by atoms with van der Waals surface area (Å²) in [5.74, 6) is 1.73. The number of hydrogen-bond donors (Lipinski definition) is 2. The molecule has 0 fully saturated rings. The number of hydrogen-bond acceptors (Lipinski definition) is 4. The lowest BCUT2D eigenvalue weighted by atomic mass is 9.95. The number of carbonyl (C=O) groups excluding carboxylic acids is 1. The molecule has 144 valence electrons. The maximum Gasteiger partial charge on any atom is 0.220 e. The molecule has 0 aromatic heterocycles. The van der Waals surface area contributed by atoms with Gasteiger partial charge < -0.3 is 20.5 Å². The standard InChI is InChI=1S/C19H32N2O3.ClH/c1-6-23-16-10-9-15(12-17(16)24-7-2)19(13(3)4)21-18(22)11-8-14(5)20;/h9-10,12-14,19H,6-8,11,20H2,1-5H3,(H,21,22);1H. The summed E-state index contributed by atoms with van der Waals surface area (Å²) in [6, 6.07) is 5.83. The van der Waals surface area contributed by atoms with Gasteiger partial charge in [-0.2, -0.15) is 0 Å². The van der Waals surface area contributed by atoms with Crippen LogP contribution in [0.25, 0.3) is 0 Å². The highest BCUT2D eigenvalue weighted by atomic mass is 35.5. The molecular formula is C19H33ClN2O3. The maximum absolute atomic E-state index is 12.2. The van der Waals surface area contributed by atoms with Gasteiger partial charge in [0.25, 0.3) is 0 Å². The highest BCUT2D eigenvalue weighted by Crippen LogP contribution is 2.33. The Labute approximate surface area is 158 Å². The number of ether oxygens (including phenoxy) is 2. The number of halogens is 1. The van der Waals surface area contributed by atoms with Crippen molar-refractivity contribution in [2.45, 2.75) is 59.5 Å². The van der Waals surface area contributed by atoms with Crippen molar-refractivity contribution in [3.8, 4) is 11.5 Å². The molecule has 3 N–H and O–H groups in total. The number of benzene rings is 1. The van der Waals surface area contributed by atoms with E-state index in [0.717, 1.165) is 11.3 Å². The Morgan fingerprint density at radius 1 is 1.12 bits per heavy atom. The van der Waals surface area contributed by atoms with Crippen molar-refractivity contribution in [1.29, 1.82) is 0 Å². The Morgan fingerprint density at radius 2 is 1.72 bits per heavy atom. The van der Waals surface area contributed by atoms with Gasteiger partial charge in [0.2, 0.25) is 5.91 Å². The van der Waals surface area contributed by atoms with Crippen LogP contribution in [-0.4, -0.2) is 25.2 Å². The van der Waals surface area contributed by atoms with Crippen LogP contribution in [-0.2, 0) is 4.79 Å². The van der Waals surface area contributed by atoms with Gasteiger partial charge in [-0.25, -0.2) is 0 Å². The van der Waals surface area contributed by atoms with Crippen LogP contribution in [0.15, 0.2) is 18.2 Å². The minimum atomic E-state index is -0.0690. The van der Waals surface area contributed by atoms with Crippen molar-refractivity contribution in [3.63, 3.8) is 0 Å². The molecule has 0 aliphatic rings. The van der Waals surface area contributed by atoms with Crippen LogP contribution in [0.2, 0.25) is 0 Å². The fourth-order valence-corrected chi connectivity index (χ4v) is 2.50. The molecule has 0 saturated heterocycles. The summed E-state index contributed by atoms with van der Waals surface area (Å²) in [7, 11) is 0. The second-order valence-electron chi connectivity index (χ2n) is 6.38. The first-order chi connectivity index (χ1) is 11.4. The van der Waals surface area contributed by atoms with Gasteiger partial charge in [0.15, 0.2) is 11.5 Å². The van der Waals surface area contributed by atoms with Gasteiger partial charge in [-0.3, -0.25) is 4.79 Å². The van der Waals surface area contributed by atoms with E-state index < -0.39 is 0 Å². The second kappa shape index (κ2) is 12.0. The molecule has 1 amide bonds. The van der Waals surface area contributed by atoms with Gasteiger partial charge >= 0.3 is 0 Å². The monoisotopic (exact) mass is 372 g/mol. The molecule has 0 heterocycles. The molecule has 6 heteroatoms. The van der Waals surface area contributed by atoms with Crippen molar-refractivity contribution < 1.29 is 14.3 Å². The van der Waals surface area contributed by atoms with Crippen molar-refractivity contribution in [3.05, 3.63) is 23.8 Å². The molecular weight excluding hydrogens is 340 g/mol. The van der Waals surface area contributed by atoms with Crippen LogP contribution in [0.1, 0.15) is 59.1 Å². The number of carbonyl (C=O) groups is 1. The third kappa shape index (κ3) is 7.97. The fourth-order valence-electron chi connectivity index (χ4n) is 2.50. The molecule has 25 heavy (non-hydrogen) atoms. The van der Waals surface area contributed by atoms with E-state index in [1.807, 2.05) is 39.0 Å². The zero-order valence-electron chi connectivity index (χ0n) is 16.0. The topological polar surface area (TPSA) is 73.6 Å². The fraction of sp³-hybridized carbons (Fsp3) is 0.632. The first kappa shape index (κ1) is 23.5. The van der Waals surface area contributed by atoms with E-state index in [1.165, 1.54) is 0 Å². The van der Waals surface area contributed by atoms with Gasteiger partial charge in [0.05, 0.1) is 19.3 Å². The quantitative estimate of drug-likeness (QED) is 0.654. The summed E-state index contributed by atoms with van der Waals surface area (Å²) >= 11 is 0. The zero-order chi connectivity index (χ0) is 18.1. The van der Waals surface area contributed by atoms with E-state index >= 15 is 0 Å². The first-order valence-corrected chi connectivity index (χ1v) is 8.83. The third-order valence-corrected chi connectivity index (χ3v) is 3.74. The SMILES string of the molecule is CCOc1ccc(C(NC(=O)CCC(C)N)C(C)C)cc1OCC.Cl. The summed E-state index contributed by atoms with van der Waals surface area (Å²) in [6.45, 7) is 11.1. The minimum Gasteiger partial charge on any atom is -0.490 e. The lowest BCUT2D eigenvalue weighted by molar-refractivity contribution is -0.122. The third-order valence-electron chi connectivity index (χ3n) is 3.74. The number of nitrogens with two attached hydrogens (primary N) is 1. The summed E-state index contributed by atoms with van der Waals surface area (Å²) < 4.78 is 11.3. The molecule has 2 atom stereocenters. The van der Waals surface area contributed by atoms with E-state index in [4.69, 9.17) is 15.2 Å². The normalized spacial score (nSPS) is 12.9. The molecule has 0 aliphatic carbocycles. The summed E-state index contributed by atoms with van der Waals surface area (Å²) in [5.41, 5.74) is 6.75. The molecule has 0 saturated carbocycles. The number of rotatable bonds is 10. The molecule has 1 aromatic carbocycles. The van der Waals surface area contributed by atoms with Crippen LogP contribution in [0.4, 0.5) is 0 Å². The Kier molecular flexibility index (Phi) is 11.3. The Balaban J connectivity index is 0.00000576. The average molecular weight is 373 g/mol. The average Bonchev–Trinajstić information content (AvgIpc) is 2.52. The minimum absolute atomic E-state index is 0. The van der Waals surface area contributed by atoms with Gasteiger partial charge in [0.1, 0.15) is 0 Å². The van der Waals surface area contributed by atoms with Gasteiger partial charge in [-0.05, 0) is 50.8 Å². The molecule has 0 bridgehead atoms. The van der Waals surface area contributed by atoms with Crippen molar-refractivity contribution >= 4 is 18.3 Å². The van der Waals surface area contributed by atoms with Gasteiger partial charge in [-0.1, -0.05) is 19.9 Å². The van der Waals surface area contributed by atoms with Gasteiger partial charge in [-0.15, -0.1) is 12.4 Å². The lowest BCUT2D eigenvalue weighted by Gasteiger charge is -2.24. The number of amides is 1. The van der Waals surface area contributed by atoms with Crippen LogP contribution in [0.5, 0.6) is 11.5 Å². The summed E-state index contributed by atoms with van der Waals surface area (Å²) in [4.78, 5) is 12.2. The molecule has 0 aliphatic heterocycles. The zero-order valence-corrected chi connectivity index (χ0v) is 16.8. The van der Waals surface area contributed by atoms with Crippen molar-refractivity contribution in [2.75, 3.05) is 13.2 Å². The predicted octanol–water partition coefficient (Wildman–Crippen LogP) is 3.85. The molecule has 0 radical (unpaired) electrons. The van der Waals surface area contributed by atoms with E-state index in [1.54, 1.807) is 0 Å². The molecule has 5 nitrogen and oxygen atoms in total. The number of nitrogens with one attached hydrogen (secondary N) is 1. The maximum atomic E-state index is 12.2. The Bertz CT molecular complexity index is 521. The van der Waals surface area contributed by atoms with Crippen molar-refractivity contribution in [1.82, 2.24) is 5.32 Å². The van der Waals surface area contributed by atoms with Crippen LogP contribution < -0.4 is 20.5 Å². The smallest absolute Gasteiger partial charge is 0.220 e. The van der Waals surface area contributed by atoms with E-state index in [-0.39, 0.29) is 36.3 Å². The van der Waals surface area contributed by atoms with Crippen LogP contribution in [0, 0.1) is 5.92 Å². The second-order valence-corrected chi connectivity index (χ2v) is 6.38. The Hall–Kier alpha value is -1.46. The molecule has 1 rings (SSSR count). The van der Waals surface area contributed by atoms with E-state index in [0.29, 0.717) is 31.8 Å². The highest BCUT2D eigenvalue weighted by Gasteiger charge is 2.20. The van der Waals surface area contributed by atoms with Crippen LogP contribution >= 0.6 is 12.4 Å². The Morgan fingerprint density at radius 3 is 2.24 bits per heavy atom. The summed E-state index contributed by atoms with van der Waals surface area (Å²) in [5, 5.41) is 3.12. The van der Waals surface area contributed by atoms with E-state index in [9.17, 15) is 4.79 Å². The van der Waals surface area contributed by atoms with Crippen molar-refractivity contribution in [2.24, 2.45) is 11.7 Å². The van der Waals surface area contributed by atoms with E-state index in [2.05, 4.69) is 19.2 Å². The first-order valence-electron chi connectivity index (χ1n) is 8.83. The predicted molar refractivity (Wildman–Crippen MR) is 105 cm³/mol. The summed E-state index contributed by atoms with van der Waals surface area (Å²) in [6.07, 6.45) is 1.13. The molecule has 2 unspecified atom stereocenters. The largest absolute Gasteiger partial charge is 0.490 e. The molecule has 1 aromatic rings. The lowest BCUT2D eigenvalue weighted by Crippen LogP contribution is -2.32.